The van der Waals surface area contributed by atoms with Gasteiger partial charge in [0.05, 0.1) is 25.1 Å². The van der Waals surface area contributed by atoms with Crippen molar-refractivity contribution < 1.29 is 9.53 Å². The Labute approximate surface area is 146 Å². The molecule has 1 unspecified atom stereocenters. The first-order valence-electron chi connectivity index (χ1n) is 6.88. The van der Waals surface area contributed by atoms with E-state index in [1.54, 1.807) is 17.1 Å². The zero-order valence-electron chi connectivity index (χ0n) is 12.3. The molecule has 3 heterocycles. The molecule has 3 rings (SSSR count). The van der Waals surface area contributed by atoms with E-state index in [1.807, 2.05) is 24.4 Å². The van der Waals surface area contributed by atoms with E-state index < -0.39 is 0 Å². The summed E-state index contributed by atoms with van der Waals surface area (Å²) in [7, 11) is 0. The van der Waals surface area contributed by atoms with Gasteiger partial charge in [-0.25, -0.2) is 9.67 Å². The number of anilines is 1. The Balaban J connectivity index is 0.00000132. The Hall–Kier alpha value is -1.67. The predicted molar refractivity (Wildman–Crippen MR) is 91.7 cm³/mol. The van der Waals surface area contributed by atoms with Crippen LogP contribution in [-0.4, -0.2) is 46.5 Å². The number of hydrogen-bond donors (Lipinski definition) is 2. The van der Waals surface area contributed by atoms with Crippen molar-refractivity contribution in [1.82, 2.24) is 20.1 Å². The summed E-state index contributed by atoms with van der Waals surface area (Å²) in [6.07, 6.45) is 5.52. The van der Waals surface area contributed by atoms with Crippen LogP contribution >= 0.6 is 24.8 Å². The van der Waals surface area contributed by atoms with E-state index >= 15 is 0 Å². The fourth-order valence-corrected chi connectivity index (χ4v) is 2.19. The van der Waals surface area contributed by atoms with Gasteiger partial charge >= 0.3 is 0 Å². The Morgan fingerprint density at radius 3 is 2.91 bits per heavy atom. The third kappa shape index (κ3) is 5.47. The average molecular weight is 360 g/mol. The third-order valence-corrected chi connectivity index (χ3v) is 3.20. The van der Waals surface area contributed by atoms with Crippen molar-refractivity contribution in [1.29, 1.82) is 0 Å². The number of carbonyl (C=O) groups excluding carboxylic acids is 1. The molecule has 1 atom stereocenters. The fraction of sp³-hybridized carbons (Fsp3) is 0.357. The van der Waals surface area contributed by atoms with Crippen molar-refractivity contribution in [3.05, 3.63) is 36.8 Å². The normalized spacial score (nSPS) is 16.8. The molecule has 0 saturated carbocycles. The summed E-state index contributed by atoms with van der Waals surface area (Å²) in [5.74, 6) is 0.659. The lowest BCUT2D eigenvalue weighted by atomic mass is 10.2. The molecule has 1 aliphatic heterocycles. The highest BCUT2D eigenvalue weighted by molar-refractivity contribution is 5.91. The van der Waals surface area contributed by atoms with Crippen LogP contribution in [0.3, 0.4) is 0 Å². The SMILES string of the molecule is Cl.Cl.O=C(CC1COCCN1)Nc1ccc(-n2cccn2)nc1. The van der Waals surface area contributed by atoms with Crippen LogP contribution in [0.25, 0.3) is 5.82 Å². The standard InChI is InChI=1S/C14H17N5O2.2ClH/c20-14(8-12-10-21-7-5-15-12)18-11-2-3-13(16-9-11)19-6-1-4-17-19;;/h1-4,6,9,12,15H,5,7-8,10H2,(H,18,20);2*1H. The van der Waals surface area contributed by atoms with Crippen LogP contribution in [0.4, 0.5) is 5.69 Å². The lowest BCUT2D eigenvalue weighted by molar-refractivity contribution is -0.117. The number of amides is 1. The molecule has 1 aliphatic rings. The maximum absolute atomic E-state index is 11.9. The zero-order chi connectivity index (χ0) is 14.5. The van der Waals surface area contributed by atoms with Crippen molar-refractivity contribution in [3.63, 3.8) is 0 Å². The monoisotopic (exact) mass is 359 g/mol. The minimum Gasteiger partial charge on any atom is -0.378 e. The molecule has 7 nitrogen and oxygen atoms in total. The lowest BCUT2D eigenvalue weighted by Crippen LogP contribution is -2.43. The summed E-state index contributed by atoms with van der Waals surface area (Å²) >= 11 is 0. The molecule has 1 saturated heterocycles. The number of aromatic nitrogens is 3. The number of nitrogens with one attached hydrogen (secondary N) is 2. The molecule has 1 amide bonds. The highest BCUT2D eigenvalue weighted by Gasteiger charge is 2.16. The van der Waals surface area contributed by atoms with Gasteiger partial charge in [0.15, 0.2) is 5.82 Å². The molecule has 2 aromatic heterocycles. The topological polar surface area (TPSA) is 81.1 Å². The first kappa shape index (κ1) is 19.4. The van der Waals surface area contributed by atoms with Crippen molar-refractivity contribution in [3.8, 4) is 5.82 Å². The lowest BCUT2D eigenvalue weighted by Gasteiger charge is -2.23. The number of rotatable bonds is 4. The Morgan fingerprint density at radius 1 is 1.43 bits per heavy atom. The quantitative estimate of drug-likeness (QED) is 0.862. The second-order valence-corrected chi connectivity index (χ2v) is 4.83. The van der Waals surface area contributed by atoms with Gasteiger partial charge in [-0.1, -0.05) is 0 Å². The highest BCUT2D eigenvalue weighted by Crippen LogP contribution is 2.10. The molecule has 0 bridgehead atoms. The van der Waals surface area contributed by atoms with Crippen molar-refractivity contribution in [2.75, 3.05) is 25.1 Å². The van der Waals surface area contributed by atoms with Crippen LogP contribution < -0.4 is 10.6 Å². The summed E-state index contributed by atoms with van der Waals surface area (Å²) in [4.78, 5) is 16.2. The Kier molecular flexibility index (Phi) is 7.97. The van der Waals surface area contributed by atoms with E-state index in [4.69, 9.17) is 4.74 Å². The average Bonchev–Trinajstić information content (AvgIpc) is 3.03. The molecule has 23 heavy (non-hydrogen) atoms. The molecule has 1 fully saturated rings. The zero-order valence-corrected chi connectivity index (χ0v) is 14.0. The fourth-order valence-electron chi connectivity index (χ4n) is 2.19. The third-order valence-electron chi connectivity index (χ3n) is 3.20. The van der Waals surface area contributed by atoms with Gasteiger partial charge in [-0.2, -0.15) is 5.10 Å². The molecule has 0 aromatic carbocycles. The number of pyridine rings is 1. The van der Waals surface area contributed by atoms with E-state index in [-0.39, 0.29) is 36.8 Å². The summed E-state index contributed by atoms with van der Waals surface area (Å²) in [5, 5.41) is 10.2. The summed E-state index contributed by atoms with van der Waals surface area (Å²) < 4.78 is 6.99. The number of nitrogens with zero attached hydrogens (tertiary/aromatic N) is 3. The van der Waals surface area contributed by atoms with E-state index in [0.717, 1.165) is 6.54 Å². The van der Waals surface area contributed by atoms with E-state index in [2.05, 4.69) is 20.7 Å². The number of carbonyl (C=O) groups is 1. The molecule has 0 radical (unpaired) electrons. The Bertz CT molecular complexity index is 586. The molecule has 9 heteroatoms. The van der Waals surface area contributed by atoms with Crippen LogP contribution in [0.1, 0.15) is 6.42 Å². The van der Waals surface area contributed by atoms with Crippen LogP contribution in [0.15, 0.2) is 36.8 Å². The van der Waals surface area contributed by atoms with E-state index in [0.29, 0.717) is 31.1 Å². The van der Waals surface area contributed by atoms with Crippen molar-refractivity contribution in [2.45, 2.75) is 12.5 Å². The van der Waals surface area contributed by atoms with Crippen LogP contribution in [0.2, 0.25) is 0 Å². The maximum Gasteiger partial charge on any atom is 0.226 e. The number of halogens is 2. The number of hydrogen-bond acceptors (Lipinski definition) is 5. The van der Waals surface area contributed by atoms with Gasteiger partial charge in [0.2, 0.25) is 5.91 Å². The molecule has 126 valence electrons. The first-order chi connectivity index (χ1) is 10.3. The predicted octanol–water partition coefficient (Wildman–Crippen LogP) is 1.43. The summed E-state index contributed by atoms with van der Waals surface area (Å²) in [6, 6.07) is 5.53. The molecular weight excluding hydrogens is 341 g/mol. The van der Waals surface area contributed by atoms with Gasteiger partial charge in [0, 0.05) is 31.4 Å². The molecule has 0 aliphatic carbocycles. The van der Waals surface area contributed by atoms with Crippen LogP contribution in [-0.2, 0) is 9.53 Å². The second-order valence-electron chi connectivity index (χ2n) is 4.83. The van der Waals surface area contributed by atoms with E-state index in [1.165, 1.54) is 0 Å². The molecule has 2 N–H and O–H groups in total. The number of ether oxygens (including phenoxy) is 1. The Morgan fingerprint density at radius 2 is 2.30 bits per heavy atom. The summed E-state index contributed by atoms with van der Waals surface area (Å²) in [5.41, 5.74) is 0.674. The van der Waals surface area contributed by atoms with Gasteiger partial charge in [0.25, 0.3) is 0 Å². The smallest absolute Gasteiger partial charge is 0.226 e. The van der Waals surface area contributed by atoms with Gasteiger partial charge in [0.1, 0.15) is 0 Å². The highest BCUT2D eigenvalue weighted by atomic mass is 35.5. The van der Waals surface area contributed by atoms with Crippen molar-refractivity contribution in [2.24, 2.45) is 0 Å². The maximum atomic E-state index is 11.9. The minimum atomic E-state index is -0.0494. The van der Waals surface area contributed by atoms with Gasteiger partial charge in [-0.3, -0.25) is 4.79 Å². The van der Waals surface area contributed by atoms with Crippen LogP contribution in [0, 0.1) is 0 Å². The van der Waals surface area contributed by atoms with Gasteiger partial charge < -0.3 is 15.4 Å². The molecule has 0 spiro atoms. The van der Waals surface area contributed by atoms with E-state index in [9.17, 15) is 4.79 Å². The minimum absolute atomic E-state index is 0. The number of morpholine rings is 1. The van der Waals surface area contributed by atoms with Gasteiger partial charge in [-0.05, 0) is 18.2 Å². The van der Waals surface area contributed by atoms with Crippen molar-refractivity contribution >= 4 is 36.4 Å². The second kappa shape index (κ2) is 9.46. The largest absolute Gasteiger partial charge is 0.378 e. The first-order valence-corrected chi connectivity index (χ1v) is 6.88. The molecule has 2 aromatic rings. The van der Waals surface area contributed by atoms with Gasteiger partial charge in [-0.15, -0.1) is 24.8 Å². The van der Waals surface area contributed by atoms with Crippen LogP contribution in [0.5, 0.6) is 0 Å². The summed E-state index contributed by atoms with van der Waals surface area (Å²) in [6.45, 7) is 2.07. The molecular formula is C14H19Cl2N5O2.